The van der Waals surface area contributed by atoms with Gasteiger partial charge in [0.2, 0.25) is 0 Å². The number of carbonyl (C=O) groups excluding carboxylic acids is 1. The lowest BCUT2D eigenvalue weighted by atomic mass is 9.92. The van der Waals surface area contributed by atoms with E-state index in [0.29, 0.717) is 11.1 Å². The van der Waals surface area contributed by atoms with E-state index in [4.69, 9.17) is 5.26 Å². The fourth-order valence-electron chi connectivity index (χ4n) is 1.62. The van der Waals surface area contributed by atoms with E-state index >= 15 is 0 Å². The molecule has 0 N–H and O–H groups in total. The number of Topliss-reactive ketones (excluding diaryl/α,β-unsaturated/α-hetero) is 1. The Kier molecular flexibility index (Phi) is 3.44. The number of hydrogen-bond donors (Lipinski definition) is 0. The summed E-state index contributed by atoms with van der Waals surface area (Å²) < 4.78 is 12.8. The lowest BCUT2D eigenvalue weighted by Gasteiger charge is -2.08. The highest BCUT2D eigenvalue weighted by Gasteiger charge is 2.21. The van der Waals surface area contributed by atoms with E-state index in [2.05, 4.69) is 4.98 Å². The predicted molar refractivity (Wildman–Crippen MR) is 63.3 cm³/mol. The third kappa shape index (κ3) is 2.41. The second-order valence-electron chi connectivity index (χ2n) is 3.71. The van der Waals surface area contributed by atoms with Gasteiger partial charge >= 0.3 is 0 Å². The number of rotatable bonds is 3. The first kappa shape index (κ1) is 11.9. The maximum absolute atomic E-state index is 12.8. The highest BCUT2D eigenvalue weighted by Crippen LogP contribution is 2.19. The van der Waals surface area contributed by atoms with Gasteiger partial charge in [-0.05, 0) is 42.0 Å². The molecule has 1 atom stereocenters. The molecular weight excluding hydrogens is 231 g/mol. The van der Waals surface area contributed by atoms with Crippen LogP contribution in [-0.2, 0) is 0 Å². The van der Waals surface area contributed by atoms with E-state index in [1.165, 1.54) is 36.7 Å². The standard InChI is InChI=1S/C14H9FN2O/c15-12-3-1-11(2-4-12)14(18)13(9-16)10-5-7-17-8-6-10/h1-8,13H/t13-/m0/s1. The zero-order chi connectivity index (χ0) is 13.0. The van der Waals surface area contributed by atoms with Crippen LogP contribution in [0.25, 0.3) is 0 Å². The van der Waals surface area contributed by atoms with Crippen molar-refractivity contribution in [3.8, 4) is 6.07 Å². The third-order valence-electron chi connectivity index (χ3n) is 2.56. The number of benzene rings is 1. The van der Waals surface area contributed by atoms with Gasteiger partial charge in [0.05, 0.1) is 6.07 Å². The van der Waals surface area contributed by atoms with Crippen LogP contribution < -0.4 is 0 Å². The summed E-state index contributed by atoms with van der Waals surface area (Å²) >= 11 is 0. The summed E-state index contributed by atoms with van der Waals surface area (Å²) in [6.07, 6.45) is 3.05. The quantitative estimate of drug-likeness (QED) is 0.775. The largest absolute Gasteiger partial charge is 0.292 e. The number of carbonyl (C=O) groups is 1. The van der Waals surface area contributed by atoms with Crippen LogP contribution in [0.3, 0.4) is 0 Å². The molecule has 0 radical (unpaired) electrons. The van der Waals surface area contributed by atoms with E-state index in [-0.39, 0.29) is 5.78 Å². The number of halogens is 1. The van der Waals surface area contributed by atoms with Crippen molar-refractivity contribution in [3.63, 3.8) is 0 Å². The summed E-state index contributed by atoms with van der Waals surface area (Å²) in [7, 11) is 0. The molecule has 0 aliphatic carbocycles. The fourth-order valence-corrected chi connectivity index (χ4v) is 1.62. The van der Waals surface area contributed by atoms with Crippen molar-refractivity contribution in [1.82, 2.24) is 4.98 Å². The van der Waals surface area contributed by atoms with Gasteiger partial charge in [-0.2, -0.15) is 5.26 Å². The Balaban J connectivity index is 2.32. The van der Waals surface area contributed by atoms with Crippen molar-refractivity contribution in [2.24, 2.45) is 0 Å². The molecule has 1 heterocycles. The number of nitriles is 1. The smallest absolute Gasteiger partial charge is 0.184 e. The fraction of sp³-hybridized carbons (Fsp3) is 0.0714. The van der Waals surface area contributed by atoms with E-state index in [1.807, 2.05) is 6.07 Å². The Hall–Kier alpha value is -2.54. The summed E-state index contributed by atoms with van der Waals surface area (Å²) in [5.41, 5.74) is 0.904. The van der Waals surface area contributed by atoms with Crippen molar-refractivity contribution in [3.05, 3.63) is 65.7 Å². The topological polar surface area (TPSA) is 53.8 Å². The Bertz CT molecular complexity index is 587. The van der Waals surface area contributed by atoms with Crippen molar-refractivity contribution >= 4 is 5.78 Å². The SMILES string of the molecule is N#C[C@H](C(=O)c1ccc(F)cc1)c1ccncc1. The number of pyridine rings is 1. The number of aromatic nitrogens is 1. The van der Waals surface area contributed by atoms with Crippen LogP contribution in [0.1, 0.15) is 21.8 Å². The third-order valence-corrected chi connectivity index (χ3v) is 2.56. The predicted octanol–water partition coefficient (Wildman–Crippen LogP) is 2.71. The maximum atomic E-state index is 12.8. The first-order valence-corrected chi connectivity index (χ1v) is 5.31. The molecule has 2 aromatic rings. The summed E-state index contributed by atoms with van der Waals surface area (Å²) in [4.78, 5) is 16.0. The molecule has 4 heteroatoms. The van der Waals surface area contributed by atoms with E-state index in [1.54, 1.807) is 12.1 Å². The van der Waals surface area contributed by atoms with E-state index in [0.717, 1.165) is 0 Å². The van der Waals surface area contributed by atoms with Crippen molar-refractivity contribution < 1.29 is 9.18 Å². The average molecular weight is 240 g/mol. The molecule has 0 aliphatic rings. The van der Waals surface area contributed by atoms with Gasteiger partial charge < -0.3 is 0 Å². The zero-order valence-corrected chi connectivity index (χ0v) is 9.38. The maximum Gasteiger partial charge on any atom is 0.184 e. The molecule has 0 bridgehead atoms. The molecular formula is C14H9FN2O. The normalized spacial score (nSPS) is 11.6. The molecule has 0 fully saturated rings. The van der Waals surface area contributed by atoms with Crippen LogP contribution in [0.15, 0.2) is 48.8 Å². The van der Waals surface area contributed by atoms with Crippen LogP contribution in [-0.4, -0.2) is 10.8 Å². The molecule has 0 saturated carbocycles. The molecule has 0 amide bonds. The Labute approximate surface area is 104 Å². The monoisotopic (exact) mass is 240 g/mol. The van der Waals surface area contributed by atoms with Gasteiger partial charge in [-0.15, -0.1) is 0 Å². The molecule has 0 saturated heterocycles. The lowest BCUT2D eigenvalue weighted by molar-refractivity contribution is 0.0979. The number of nitrogens with zero attached hydrogens (tertiary/aromatic N) is 2. The van der Waals surface area contributed by atoms with Crippen LogP contribution in [0, 0.1) is 17.1 Å². The van der Waals surface area contributed by atoms with Crippen LogP contribution in [0.5, 0.6) is 0 Å². The van der Waals surface area contributed by atoms with Gasteiger partial charge in [-0.3, -0.25) is 9.78 Å². The van der Waals surface area contributed by atoms with Crippen molar-refractivity contribution in [2.75, 3.05) is 0 Å². The summed E-state index contributed by atoms with van der Waals surface area (Å²) in [6, 6.07) is 10.4. The first-order chi connectivity index (χ1) is 8.72. The van der Waals surface area contributed by atoms with Gasteiger partial charge in [0, 0.05) is 18.0 Å². The molecule has 0 spiro atoms. The Morgan fingerprint density at radius 3 is 2.33 bits per heavy atom. The zero-order valence-electron chi connectivity index (χ0n) is 9.38. The van der Waals surface area contributed by atoms with Crippen LogP contribution >= 0.6 is 0 Å². The van der Waals surface area contributed by atoms with Gasteiger partial charge in [0.25, 0.3) is 0 Å². The molecule has 0 unspecified atom stereocenters. The van der Waals surface area contributed by atoms with Crippen molar-refractivity contribution in [1.29, 1.82) is 5.26 Å². The molecule has 1 aromatic carbocycles. The highest BCUT2D eigenvalue weighted by atomic mass is 19.1. The summed E-state index contributed by atoms with van der Waals surface area (Å²) in [6.45, 7) is 0. The minimum Gasteiger partial charge on any atom is -0.292 e. The van der Waals surface area contributed by atoms with E-state index < -0.39 is 11.7 Å². The lowest BCUT2D eigenvalue weighted by Crippen LogP contribution is -2.11. The summed E-state index contributed by atoms with van der Waals surface area (Å²) in [5, 5.41) is 9.10. The molecule has 3 nitrogen and oxygen atoms in total. The molecule has 1 aromatic heterocycles. The van der Waals surface area contributed by atoms with Gasteiger partial charge in [-0.25, -0.2) is 4.39 Å². The van der Waals surface area contributed by atoms with E-state index in [9.17, 15) is 9.18 Å². The second kappa shape index (κ2) is 5.19. The molecule has 18 heavy (non-hydrogen) atoms. The summed E-state index contributed by atoms with van der Waals surface area (Å²) in [5.74, 6) is -1.65. The Morgan fingerprint density at radius 2 is 1.78 bits per heavy atom. The van der Waals surface area contributed by atoms with Crippen LogP contribution in [0.4, 0.5) is 4.39 Å². The molecule has 88 valence electrons. The van der Waals surface area contributed by atoms with Crippen LogP contribution in [0.2, 0.25) is 0 Å². The average Bonchev–Trinajstić information content (AvgIpc) is 2.41. The Morgan fingerprint density at radius 1 is 1.17 bits per heavy atom. The van der Waals surface area contributed by atoms with Gasteiger partial charge in [0.15, 0.2) is 5.78 Å². The second-order valence-corrected chi connectivity index (χ2v) is 3.71. The van der Waals surface area contributed by atoms with Gasteiger partial charge in [0.1, 0.15) is 11.7 Å². The minimum absolute atomic E-state index is 0.319. The first-order valence-electron chi connectivity index (χ1n) is 5.31. The highest BCUT2D eigenvalue weighted by molar-refractivity contribution is 6.02. The number of hydrogen-bond acceptors (Lipinski definition) is 3. The molecule has 2 rings (SSSR count). The minimum atomic E-state index is -0.890. The number of ketones is 1. The van der Waals surface area contributed by atoms with Gasteiger partial charge in [-0.1, -0.05) is 0 Å². The molecule has 0 aliphatic heterocycles. The van der Waals surface area contributed by atoms with Crippen molar-refractivity contribution in [2.45, 2.75) is 5.92 Å².